The van der Waals surface area contributed by atoms with Gasteiger partial charge in [0.2, 0.25) is 0 Å². The van der Waals surface area contributed by atoms with Crippen molar-refractivity contribution >= 4 is 18.7 Å². The summed E-state index contributed by atoms with van der Waals surface area (Å²) in [6.07, 6.45) is 6.58. The summed E-state index contributed by atoms with van der Waals surface area (Å²) in [7, 11) is -2.33. The lowest BCUT2D eigenvalue weighted by Gasteiger charge is -2.41. The maximum absolute atomic E-state index is 7.07. The van der Waals surface area contributed by atoms with E-state index in [0.717, 1.165) is 0 Å². The molecular formula is C25H28OSi. The first kappa shape index (κ1) is 18.2. The number of benzene rings is 3. The molecule has 3 aromatic carbocycles. The van der Waals surface area contributed by atoms with E-state index in [-0.39, 0.29) is 0 Å². The van der Waals surface area contributed by atoms with E-state index in [2.05, 4.69) is 91.0 Å². The van der Waals surface area contributed by atoms with Gasteiger partial charge in [-0.05, 0) is 21.5 Å². The normalized spacial score (nSPS) is 15.6. The molecule has 0 unspecified atom stereocenters. The lowest BCUT2D eigenvalue weighted by atomic mass is 10.0. The van der Waals surface area contributed by atoms with Crippen LogP contribution in [0.4, 0.5) is 0 Å². The van der Waals surface area contributed by atoms with Gasteiger partial charge in [0.25, 0.3) is 8.32 Å². The highest BCUT2D eigenvalue weighted by Crippen LogP contribution is 2.38. The molecule has 0 spiro atoms. The Morgan fingerprint density at radius 3 is 1.63 bits per heavy atom. The average Bonchev–Trinajstić information content (AvgIpc) is 2.77. The van der Waals surface area contributed by atoms with E-state index in [0.29, 0.717) is 12.1 Å². The molecule has 0 atom stereocenters. The first-order chi connectivity index (χ1) is 13.4. The Kier molecular flexibility index (Phi) is 5.86. The molecule has 0 saturated heterocycles. The highest BCUT2D eigenvalue weighted by molar-refractivity contribution is 6.98. The Hall–Kier alpha value is -2.16. The van der Waals surface area contributed by atoms with Gasteiger partial charge in [-0.3, -0.25) is 0 Å². The molecule has 0 bridgehead atoms. The highest BCUT2D eigenvalue weighted by atomic mass is 28.4. The van der Waals surface area contributed by atoms with Crippen molar-refractivity contribution in [2.45, 2.75) is 44.3 Å². The van der Waals surface area contributed by atoms with Crippen LogP contribution in [-0.2, 0) is 11.0 Å². The van der Waals surface area contributed by atoms with Crippen LogP contribution in [0.2, 0.25) is 5.54 Å². The smallest absolute Gasteiger partial charge is 0.259 e. The van der Waals surface area contributed by atoms with E-state index in [1.54, 1.807) is 0 Å². The van der Waals surface area contributed by atoms with Gasteiger partial charge in [0, 0.05) is 0 Å². The highest BCUT2D eigenvalue weighted by Gasteiger charge is 2.47. The Morgan fingerprint density at radius 2 is 1.11 bits per heavy atom. The molecule has 0 heterocycles. The topological polar surface area (TPSA) is 9.23 Å². The quantitative estimate of drug-likeness (QED) is 0.534. The second-order valence-corrected chi connectivity index (χ2v) is 11.3. The molecule has 0 radical (unpaired) electrons. The fraction of sp³-hybridized carbons (Fsp3) is 0.280. The summed E-state index contributed by atoms with van der Waals surface area (Å²) in [5, 5.41) is 2.83. The third-order valence-electron chi connectivity index (χ3n) is 5.89. The molecule has 27 heavy (non-hydrogen) atoms. The summed E-state index contributed by atoms with van der Waals surface area (Å²) in [6, 6.07) is 32.8. The second kappa shape index (κ2) is 8.68. The van der Waals surface area contributed by atoms with Gasteiger partial charge in [-0.25, -0.2) is 0 Å². The Labute approximate surface area is 164 Å². The van der Waals surface area contributed by atoms with Crippen LogP contribution in [0.15, 0.2) is 91.0 Å². The third-order valence-corrected chi connectivity index (χ3v) is 10.6. The van der Waals surface area contributed by atoms with Crippen molar-refractivity contribution in [3.63, 3.8) is 0 Å². The molecule has 1 aliphatic carbocycles. The van der Waals surface area contributed by atoms with Gasteiger partial charge < -0.3 is 4.43 Å². The van der Waals surface area contributed by atoms with Gasteiger partial charge in [0.15, 0.2) is 0 Å². The molecule has 1 fully saturated rings. The molecule has 1 saturated carbocycles. The van der Waals surface area contributed by atoms with Gasteiger partial charge in [-0.15, -0.1) is 0 Å². The molecule has 3 aromatic rings. The zero-order valence-corrected chi connectivity index (χ0v) is 16.9. The number of rotatable bonds is 6. The van der Waals surface area contributed by atoms with Crippen LogP contribution >= 0.6 is 0 Å². The largest absolute Gasteiger partial charge is 0.403 e. The summed E-state index contributed by atoms with van der Waals surface area (Å²) >= 11 is 0. The van der Waals surface area contributed by atoms with Crippen LogP contribution < -0.4 is 10.4 Å². The molecule has 0 N–H and O–H groups in total. The molecule has 0 aromatic heterocycles. The van der Waals surface area contributed by atoms with Crippen LogP contribution in [0.3, 0.4) is 0 Å². The summed E-state index contributed by atoms with van der Waals surface area (Å²) in [5.41, 5.74) is 1.90. The minimum absolute atomic E-state index is 0.639. The monoisotopic (exact) mass is 372 g/mol. The number of hydrogen-bond acceptors (Lipinski definition) is 1. The number of hydrogen-bond donors (Lipinski definition) is 0. The van der Waals surface area contributed by atoms with Gasteiger partial charge in [-0.2, -0.15) is 0 Å². The molecule has 0 amide bonds. The van der Waals surface area contributed by atoms with E-state index in [9.17, 15) is 0 Å². The molecule has 1 aliphatic rings. The van der Waals surface area contributed by atoms with Crippen molar-refractivity contribution < 1.29 is 4.43 Å². The minimum atomic E-state index is -2.33. The summed E-state index contributed by atoms with van der Waals surface area (Å²) < 4.78 is 7.07. The van der Waals surface area contributed by atoms with Gasteiger partial charge in [-0.1, -0.05) is 123 Å². The fourth-order valence-corrected chi connectivity index (χ4v) is 9.41. The predicted octanol–water partition coefficient (Wildman–Crippen LogP) is 5.30. The molecule has 138 valence electrons. The van der Waals surface area contributed by atoms with Crippen molar-refractivity contribution in [2.75, 3.05) is 0 Å². The van der Waals surface area contributed by atoms with Gasteiger partial charge >= 0.3 is 0 Å². The standard InChI is InChI=1S/C25H28OSi/c1-5-13-22(14-6-1)21-26-27(23-15-7-2-8-16-23,24-17-9-3-10-18-24)25-19-11-4-12-20-25/h1-3,5-10,13-18,25H,4,11-12,19-21H2. The van der Waals surface area contributed by atoms with Gasteiger partial charge in [0.1, 0.15) is 0 Å². The summed E-state index contributed by atoms with van der Waals surface area (Å²) in [6.45, 7) is 0.688. The molecule has 4 rings (SSSR count). The predicted molar refractivity (Wildman–Crippen MR) is 116 cm³/mol. The van der Waals surface area contributed by atoms with E-state index >= 15 is 0 Å². The maximum atomic E-state index is 7.07. The van der Waals surface area contributed by atoms with Crippen LogP contribution in [0.1, 0.15) is 37.7 Å². The molecule has 2 heteroatoms. The Bertz CT molecular complexity index is 771. The van der Waals surface area contributed by atoms with Crippen LogP contribution in [0.5, 0.6) is 0 Å². The molecule has 1 nitrogen and oxygen atoms in total. The SMILES string of the molecule is c1ccc(CO[Si](c2ccccc2)(c2ccccc2)C2CCCCC2)cc1. The van der Waals surface area contributed by atoms with Crippen LogP contribution in [0.25, 0.3) is 0 Å². The first-order valence-corrected chi connectivity index (χ1v) is 12.2. The van der Waals surface area contributed by atoms with E-state index < -0.39 is 8.32 Å². The minimum Gasteiger partial charge on any atom is -0.403 e. The van der Waals surface area contributed by atoms with Crippen molar-refractivity contribution in [3.05, 3.63) is 96.6 Å². The van der Waals surface area contributed by atoms with Crippen molar-refractivity contribution in [2.24, 2.45) is 0 Å². The Morgan fingerprint density at radius 1 is 0.630 bits per heavy atom. The molecule has 0 aliphatic heterocycles. The van der Waals surface area contributed by atoms with E-state index in [1.165, 1.54) is 48.0 Å². The maximum Gasteiger partial charge on any atom is 0.259 e. The lowest BCUT2D eigenvalue weighted by Crippen LogP contribution is -2.64. The van der Waals surface area contributed by atoms with E-state index in [4.69, 9.17) is 4.43 Å². The van der Waals surface area contributed by atoms with Crippen LogP contribution in [0, 0.1) is 0 Å². The summed E-state index contributed by atoms with van der Waals surface area (Å²) in [5.74, 6) is 0. The summed E-state index contributed by atoms with van der Waals surface area (Å²) in [4.78, 5) is 0. The van der Waals surface area contributed by atoms with Crippen LogP contribution in [-0.4, -0.2) is 8.32 Å². The van der Waals surface area contributed by atoms with Crippen molar-refractivity contribution in [1.29, 1.82) is 0 Å². The zero-order valence-electron chi connectivity index (χ0n) is 15.9. The average molecular weight is 373 g/mol. The fourth-order valence-electron chi connectivity index (χ4n) is 4.57. The van der Waals surface area contributed by atoms with Crippen molar-refractivity contribution in [1.82, 2.24) is 0 Å². The molecular weight excluding hydrogens is 344 g/mol. The van der Waals surface area contributed by atoms with Gasteiger partial charge in [0.05, 0.1) is 6.61 Å². The van der Waals surface area contributed by atoms with E-state index in [1.807, 2.05) is 0 Å². The lowest BCUT2D eigenvalue weighted by molar-refractivity contribution is 0.285. The zero-order chi connectivity index (χ0) is 18.4. The Balaban J connectivity index is 1.80. The second-order valence-electron chi connectivity index (χ2n) is 7.58. The first-order valence-electron chi connectivity index (χ1n) is 10.2. The van der Waals surface area contributed by atoms with Crippen molar-refractivity contribution in [3.8, 4) is 0 Å². The third kappa shape index (κ3) is 3.92.